The first-order chi connectivity index (χ1) is 7.91. The highest BCUT2D eigenvalue weighted by atomic mass is 79.9. The van der Waals surface area contributed by atoms with Gasteiger partial charge in [0.2, 0.25) is 0 Å². The summed E-state index contributed by atoms with van der Waals surface area (Å²) >= 11 is 3.23. The van der Waals surface area contributed by atoms with Crippen LogP contribution in [0.2, 0.25) is 0 Å². The van der Waals surface area contributed by atoms with Crippen molar-refractivity contribution < 1.29 is 8.60 Å². The van der Waals surface area contributed by atoms with Crippen molar-refractivity contribution in [1.82, 2.24) is 5.32 Å². The number of rotatable bonds is 5. The largest absolute Gasteiger partial charge is 0.309 e. The fraction of sp³-hybridized carbons (Fsp3) is 0.500. The van der Waals surface area contributed by atoms with E-state index in [0.717, 1.165) is 4.47 Å². The molecule has 3 atom stereocenters. The molecule has 1 aromatic carbocycles. The Morgan fingerprint density at radius 2 is 2.12 bits per heavy atom. The third-order valence-electron chi connectivity index (χ3n) is 2.71. The van der Waals surface area contributed by atoms with Crippen molar-refractivity contribution in [2.75, 3.05) is 12.8 Å². The molecule has 0 saturated heterocycles. The summed E-state index contributed by atoms with van der Waals surface area (Å²) in [6.07, 6.45) is 1.68. The van der Waals surface area contributed by atoms with Gasteiger partial charge in [0.25, 0.3) is 0 Å². The molecule has 0 aliphatic rings. The maximum absolute atomic E-state index is 13.7. The van der Waals surface area contributed by atoms with E-state index in [0.29, 0.717) is 12.1 Å². The summed E-state index contributed by atoms with van der Waals surface area (Å²) in [5.74, 6) is -0.232. The van der Waals surface area contributed by atoms with Gasteiger partial charge >= 0.3 is 0 Å². The van der Waals surface area contributed by atoms with Crippen molar-refractivity contribution in [1.29, 1.82) is 0 Å². The smallest absolute Gasteiger partial charge is 0.129 e. The van der Waals surface area contributed by atoms with Crippen LogP contribution in [0.3, 0.4) is 0 Å². The molecule has 3 unspecified atom stereocenters. The van der Waals surface area contributed by atoms with E-state index in [1.165, 1.54) is 6.07 Å². The molecule has 0 aromatic heterocycles. The fourth-order valence-electron chi connectivity index (χ4n) is 1.42. The first-order valence-corrected chi connectivity index (χ1v) is 7.83. The highest BCUT2D eigenvalue weighted by Crippen LogP contribution is 2.20. The molecule has 1 rings (SSSR count). The minimum Gasteiger partial charge on any atom is -0.309 e. The Bertz CT molecular complexity index is 413. The van der Waals surface area contributed by atoms with Crippen LogP contribution in [0.4, 0.5) is 4.39 Å². The molecule has 0 aliphatic heterocycles. The van der Waals surface area contributed by atoms with Crippen molar-refractivity contribution in [3.05, 3.63) is 34.1 Å². The van der Waals surface area contributed by atoms with Crippen LogP contribution >= 0.6 is 15.9 Å². The van der Waals surface area contributed by atoms with Gasteiger partial charge in [0, 0.05) is 44.9 Å². The van der Waals surface area contributed by atoms with E-state index in [-0.39, 0.29) is 17.1 Å². The average molecular weight is 322 g/mol. The molecule has 0 spiro atoms. The predicted molar refractivity (Wildman–Crippen MR) is 74.0 cm³/mol. The number of benzene rings is 1. The maximum Gasteiger partial charge on any atom is 0.129 e. The quantitative estimate of drug-likeness (QED) is 0.903. The van der Waals surface area contributed by atoms with E-state index in [2.05, 4.69) is 21.2 Å². The standard InChI is InChI=1S/C12H17BrFNOS/c1-8(17(3)16)7-15-9(2)11-5-4-10(13)6-12(11)14/h4-6,8-9,15H,7H2,1-3H3. The molecule has 0 heterocycles. The topological polar surface area (TPSA) is 29.1 Å². The van der Waals surface area contributed by atoms with Crippen LogP contribution in [0.15, 0.2) is 22.7 Å². The van der Waals surface area contributed by atoms with Crippen LogP contribution in [0.5, 0.6) is 0 Å². The zero-order valence-electron chi connectivity index (χ0n) is 10.2. The lowest BCUT2D eigenvalue weighted by Crippen LogP contribution is -2.30. The summed E-state index contributed by atoms with van der Waals surface area (Å²) < 4.78 is 25.6. The van der Waals surface area contributed by atoms with Crippen molar-refractivity contribution in [2.45, 2.75) is 25.1 Å². The van der Waals surface area contributed by atoms with E-state index in [1.54, 1.807) is 12.3 Å². The zero-order chi connectivity index (χ0) is 13.0. The number of hydrogen-bond donors (Lipinski definition) is 1. The van der Waals surface area contributed by atoms with Crippen molar-refractivity contribution in [2.24, 2.45) is 0 Å². The molecule has 0 aliphatic carbocycles. The lowest BCUT2D eigenvalue weighted by Gasteiger charge is -2.17. The summed E-state index contributed by atoms with van der Waals surface area (Å²) in [5, 5.41) is 3.26. The summed E-state index contributed by atoms with van der Waals surface area (Å²) in [6, 6.07) is 4.94. The Kier molecular flexibility index (Phi) is 5.76. The summed E-state index contributed by atoms with van der Waals surface area (Å²) in [4.78, 5) is 0. The van der Waals surface area contributed by atoms with Crippen molar-refractivity contribution in [3.8, 4) is 0 Å². The first kappa shape index (κ1) is 14.8. The van der Waals surface area contributed by atoms with Crippen molar-refractivity contribution in [3.63, 3.8) is 0 Å². The third-order valence-corrected chi connectivity index (χ3v) is 4.50. The highest BCUT2D eigenvalue weighted by Gasteiger charge is 2.13. The molecule has 1 aromatic rings. The van der Waals surface area contributed by atoms with Gasteiger partial charge in [-0.25, -0.2) is 4.39 Å². The van der Waals surface area contributed by atoms with Gasteiger partial charge < -0.3 is 5.32 Å². The summed E-state index contributed by atoms with van der Waals surface area (Å²) in [6.45, 7) is 4.42. The normalized spacial score (nSPS) is 16.5. The molecule has 0 bridgehead atoms. The van der Waals surface area contributed by atoms with Gasteiger partial charge in [-0.1, -0.05) is 22.0 Å². The van der Waals surface area contributed by atoms with E-state index in [4.69, 9.17) is 0 Å². The molecular formula is C12H17BrFNOS. The van der Waals surface area contributed by atoms with E-state index in [1.807, 2.05) is 19.9 Å². The maximum atomic E-state index is 13.7. The van der Waals surface area contributed by atoms with Gasteiger partial charge in [0.1, 0.15) is 5.82 Å². The van der Waals surface area contributed by atoms with E-state index < -0.39 is 10.8 Å². The lowest BCUT2D eigenvalue weighted by molar-refractivity contribution is 0.527. The minimum absolute atomic E-state index is 0.0657. The molecule has 5 heteroatoms. The monoisotopic (exact) mass is 321 g/mol. The second-order valence-electron chi connectivity index (χ2n) is 4.10. The van der Waals surface area contributed by atoms with Crippen LogP contribution in [0.25, 0.3) is 0 Å². The molecule has 96 valence electrons. The molecule has 2 nitrogen and oxygen atoms in total. The lowest BCUT2D eigenvalue weighted by atomic mass is 10.1. The fourth-order valence-corrected chi connectivity index (χ4v) is 2.09. The average Bonchev–Trinajstić information content (AvgIpc) is 2.25. The molecule has 0 saturated carbocycles. The number of hydrogen-bond acceptors (Lipinski definition) is 2. The Balaban J connectivity index is 2.64. The van der Waals surface area contributed by atoms with Gasteiger partial charge in [-0.05, 0) is 26.0 Å². The predicted octanol–water partition coefficient (Wildman–Crippen LogP) is 3.01. The summed E-state index contributed by atoms with van der Waals surface area (Å²) in [7, 11) is -0.856. The molecule has 0 fully saturated rings. The minimum atomic E-state index is -0.856. The van der Waals surface area contributed by atoms with Gasteiger partial charge in [0.15, 0.2) is 0 Å². The van der Waals surface area contributed by atoms with Crippen LogP contribution < -0.4 is 5.32 Å². The van der Waals surface area contributed by atoms with Crippen LogP contribution in [0.1, 0.15) is 25.5 Å². The molecular weight excluding hydrogens is 305 g/mol. The van der Waals surface area contributed by atoms with Crippen molar-refractivity contribution >= 4 is 26.7 Å². The number of halogens is 2. The molecule has 0 radical (unpaired) electrons. The Morgan fingerprint density at radius 1 is 1.47 bits per heavy atom. The van der Waals surface area contributed by atoms with Gasteiger partial charge in [-0.15, -0.1) is 0 Å². The highest BCUT2D eigenvalue weighted by molar-refractivity contribution is 9.10. The molecule has 0 amide bonds. The molecule has 17 heavy (non-hydrogen) atoms. The van der Waals surface area contributed by atoms with E-state index >= 15 is 0 Å². The van der Waals surface area contributed by atoms with Crippen LogP contribution in [0, 0.1) is 5.82 Å². The Hall–Kier alpha value is -0.260. The van der Waals surface area contributed by atoms with Crippen LogP contribution in [-0.4, -0.2) is 22.3 Å². The first-order valence-electron chi connectivity index (χ1n) is 5.42. The molecule has 1 N–H and O–H groups in total. The SMILES string of the molecule is CC(NCC(C)S(C)=O)c1ccc(Br)cc1F. The Morgan fingerprint density at radius 3 is 2.65 bits per heavy atom. The van der Waals surface area contributed by atoms with Crippen LogP contribution in [-0.2, 0) is 10.8 Å². The summed E-state index contributed by atoms with van der Waals surface area (Å²) in [5.41, 5.74) is 0.627. The zero-order valence-corrected chi connectivity index (χ0v) is 12.6. The second kappa shape index (κ2) is 6.61. The third kappa shape index (κ3) is 4.48. The Labute approximate surface area is 113 Å². The van der Waals surface area contributed by atoms with E-state index in [9.17, 15) is 8.60 Å². The van der Waals surface area contributed by atoms with Gasteiger partial charge in [-0.3, -0.25) is 4.21 Å². The second-order valence-corrected chi connectivity index (χ2v) is 6.82. The van der Waals surface area contributed by atoms with Gasteiger partial charge in [0.05, 0.1) is 0 Å². The van der Waals surface area contributed by atoms with Gasteiger partial charge in [-0.2, -0.15) is 0 Å². The number of nitrogens with one attached hydrogen (secondary N) is 1.